The molecule has 3 aromatic rings. The summed E-state index contributed by atoms with van der Waals surface area (Å²) in [6.45, 7) is 6.40. The van der Waals surface area contributed by atoms with Gasteiger partial charge in [0.1, 0.15) is 5.75 Å². The maximum absolute atomic E-state index is 14.3. The van der Waals surface area contributed by atoms with Gasteiger partial charge in [0.15, 0.2) is 11.6 Å². The zero-order valence-electron chi connectivity index (χ0n) is 19.1. The molecule has 6 nitrogen and oxygen atoms in total. The number of nitrogens with one attached hydrogen (secondary N) is 1. The van der Waals surface area contributed by atoms with Gasteiger partial charge in [0.2, 0.25) is 5.91 Å². The normalized spacial score (nSPS) is 14.9. The fourth-order valence-corrected chi connectivity index (χ4v) is 3.82. The van der Waals surface area contributed by atoms with Crippen LogP contribution in [0.5, 0.6) is 11.5 Å². The van der Waals surface area contributed by atoms with Crippen LogP contribution in [0.15, 0.2) is 79.1 Å². The van der Waals surface area contributed by atoms with Crippen LogP contribution in [-0.4, -0.2) is 60.0 Å². The van der Waals surface area contributed by atoms with E-state index < -0.39 is 5.82 Å². The molecule has 1 saturated heterocycles. The Kier molecular flexibility index (Phi) is 8.38. The van der Waals surface area contributed by atoms with E-state index in [-0.39, 0.29) is 11.7 Å². The Morgan fingerprint density at radius 3 is 2.56 bits per heavy atom. The Bertz CT molecular complexity index is 1080. The Labute approximate surface area is 199 Å². The monoisotopic (exact) mass is 460 g/mol. The smallest absolute Gasteiger partial charge is 0.244 e. The van der Waals surface area contributed by atoms with Crippen LogP contribution in [0.4, 0.5) is 4.39 Å². The molecule has 1 aliphatic rings. The molecule has 2 heterocycles. The number of hydrogen-bond donors (Lipinski definition) is 1. The largest absolute Gasteiger partial charge is 0.453 e. The van der Waals surface area contributed by atoms with E-state index in [1.807, 2.05) is 6.07 Å². The summed E-state index contributed by atoms with van der Waals surface area (Å²) in [6, 6.07) is 18.5. The van der Waals surface area contributed by atoms with Crippen LogP contribution in [0, 0.1) is 5.82 Å². The first-order valence-electron chi connectivity index (χ1n) is 11.5. The molecule has 1 aromatic heterocycles. The van der Waals surface area contributed by atoms with Gasteiger partial charge in [-0.05, 0) is 41.5 Å². The molecule has 4 rings (SSSR count). The predicted octanol–water partition coefficient (Wildman–Crippen LogP) is 3.96. The van der Waals surface area contributed by atoms with E-state index in [0.29, 0.717) is 17.9 Å². The van der Waals surface area contributed by atoms with E-state index in [0.717, 1.165) is 39.3 Å². The molecule has 0 radical (unpaired) electrons. The third kappa shape index (κ3) is 7.23. The number of piperazine rings is 1. The summed E-state index contributed by atoms with van der Waals surface area (Å²) in [5.74, 6) is -0.128. The van der Waals surface area contributed by atoms with Crippen molar-refractivity contribution in [1.29, 1.82) is 0 Å². The van der Waals surface area contributed by atoms with Gasteiger partial charge in [-0.15, -0.1) is 0 Å². The van der Waals surface area contributed by atoms with Crippen LogP contribution in [0.3, 0.4) is 0 Å². The van der Waals surface area contributed by atoms with Gasteiger partial charge in [-0.25, -0.2) is 4.39 Å². The van der Waals surface area contributed by atoms with Crippen molar-refractivity contribution >= 4 is 12.0 Å². The van der Waals surface area contributed by atoms with Crippen LogP contribution in [0.25, 0.3) is 6.08 Å². The standard InChI is InChI=1S/C27H29FN4O2/c28-25-19-22(8-10-26(25)34-24-7-4-12-29-20-24)9-11-27(33)30-13-14-31-15-17-32(18-16-31)21-23-5-2-1-3-6-23/h1-12,19-20H,13-18,21H2,(H,30,33)/b11-9+. The molecular weight excluding hydrogens is 431 g/mol. The van der Waals surface area contributed by atoms with Gasteiger partial charge in [-0.3, -0.25) is 19.6 Å². The molecule has 0 spiro atoms. The molecule has 34 heavy (non-hydrogen) atoms. The maximum atomic E-state index is 14.3. The molecule has 176 valence electrons. The average Bonchev–Trinajstić information content (AvgIpc) is 2.87. The molecular formula is C27H29FN4O2. The number of carbonyl (C=O) groups excluding carboxylic acids is 1. The lowest BCUT2D eigenvalue weighted by Crippen LogP contribution is -2.47. The third-order valence-electron chi connectivity index (χ3n) is 5.69. The van der Waals surface area contributed by atoms with Crippen molar-refractivity contribution in [2.75, 3.05) is 39.3 Å². The zero-order chi connectivity index (χ0) is 23.6. The Hall–Kier alpha value is -3.55. The van der Waals surface area contributed by atoms with Crippen LogP contribution < -0.4 is 10.1 Å². The Morgan fingerprint density at radius 2 is 1.82 bits per heavy atom. The Morgan fingerprint density at radius 1 is 1.03 bits per heavy atom. The van der Waals surface area contributed by atoms with E-state index in [2.05, 4.69) is 44.4 Å². The molecule has 2 aromatic carbocycles. The molecule has 1 aliphatic heterocycles. The van der Waals surface area contributed by atoms with Crippen molar-refractivity contribution < 1.29 is 13.9 Å². The minimum atomic E-state index is -0.502. The highest BCUT2D eigenvalue weighted by molar-refractivity contribution is 5.91. The number of nitrogens with zero attached hydrogens (tertiary/aromatic N) is 3. The molecule has 0 atom stereocenters. The Balaban J connectivity index is 1.16. The second-order valence-corrected chi connectivity index (χ2v) is 8.21. The fourth-order valence-electron chi connectivity index (χ4n) is 3.82. The van der Waals surface area contributed by atoms with Crippen molar-refractivity contribution in [3.8, 4) is 11.5 Å². The molecule has 1 N–H and O–H groups in total. The van der Waals surface area contributed by atoms with Crippen LogP contribution in [0.1, 0.15) is 11.1 Å². The minimum absolute atomic E-state index is 0.110. The number of aromatic nitrogens is 1. The van der Waals surface area contributed by atoms with Gasteiger partial charge in [0.25, 0.3) is 0 Å². The van der Waals surface area contributed by atoms with Crippen molar-refractivity contribution in [2.45, 2.75) is 6.54 Å². The van der Waals surface area contributed by atoms with Crippen molar-refractivity contribution in [3.63, 3.8) is 0 Å². The van der Waals surface area contributed by atoms with Crippen LogP contribution in [0.2, 0.25) is 0 Å². The first-order valence-corrected chi connectivity index (χ1v) is 11.5. The summed E-state index contributed by atoms with van der Waals surface area (Å²) in [5, 5.41) is 2.90. The van der Waals surface area contributed by atoms with Gasteiger partial charge in [0, 0.05) is 58.1 Å². The predicted molar refractivity (Wildman–Crippen MR) is 131 cm³/mol. The van der Waals surface area contributed by atoms with E-state index in [4.69, 9.17) is 4.74 Å². The third-order valence-corrected chi connectivity index (χ3v) is 5.69. The van der Waals surface area contributed by atoms with Crippen molar-refractivity contribution in [3.05, 3.63) is 96.1 Å². The maximum Gasteiger partial charge on any atom is 0.244 e. The van der Waals surface area contributed by atoms with Gasteiger partial charge in [-0.2, -0.15) is 0 Å². The number of pyridine rings is 1. The lowest BCUT2D eigenvalue weighted by molar-refractivity contribution is -0.116. The fraction of sp³-hybridized carbons (Fsp3) is 0.259. The van der Waals surface area contributed by atoms with Gasteiger partial charge in [-0.1, -0.05) is 36.4 Å². The molecule has 7 heteroatoms. The number of carbonyl (C=O) groups is 1. The summed E-state index contributed by atoms with van der Waals surface area (Å²) in [5.41, 5.74) is 1.92. The van der Waals surface area contributed by atoms with Crippen LogP contribution in [-0.2, 0) is 11.3 Å². The summed E-state index contributed by atoms with van der Waals surface area (Å²) in [4.78, 5) is 20.9. The highest BCUT2D eigenvalue weighted by Gasteiger charge is 2.16. The summed E-state index contributed by atoms with van der Waals surface area (Å²) < 4.78 is 19.8. The van der Waals surface area contributed by atoms with E-state index in [1.165, 1.54) is 30.0 Å². The average molecular weight is 461 g/mol. The first-order chi connectivity index (χ1) is 16.7. The molecule has 0 bridgehead atoms. The summed E-state index contributed by atoms with van der Waals surface area (Å²) in [7, 11) is 0. The summed E-state index contributed by atoms with van der Waals surface area (Å²) in [6.07, 6.45) is 6.15. The zero-order valence-corrected chi connectivity index (χ0v) is 19.1. The summed E-state index contributed by atoms with van der Waals surface area (Å²) >= 11 is 0. The highest BCUT2D eigenvalue weighted by Crippen LogP contribution is 2.24. The first kappa shape index (κ1) is 23.6. The van der Waals surface area contributed by atoms with Gasteiger partial charge < -0.3 is 10.1 Å². The van der Waals surface area contributed by atoms with Crippen LogP contribution >= 0.6 is 0 Å². The quantitative estimate of drug-likeness (QED) is 0.490. The minimum Gasteiger partial charge on any atom is -0.453 e. The lowest BCUT2D eigenvalue weighted by atomic mass is 10.2. The number of amides is 1. The van der Waals surface area contributed by atoms with Gasteiger partial charge in [0.05, 0.1) is 6.20 Å². The highest BCUT2D eigenvalue weighted by atomic mass is 19.1. The molecule has 1 amide bonds. The molecule has 0 saturated carbocycles. The molecule has 0 aliphatic carbocycles. The number of ether oxygens (including phenoxy) is 1. The van der Waals surface area contributed by atoms with Crippen molar-refractivity contribution in [1.82, 2.24) is 20.1 Å². The number of benzene rings is 2. The topological polar surface area (TPSA) is 57.7 Å². The van der Waals surface area contributed by atoms with Gasteiger partial charge >= 0.3 is 0 Å². The second kappa shape index (κ2) is 12.1. The molecule has 0 unspecified atom stereocenters. The second-order valence-electron chi connectivity index (χ2n) is 8.21. The van der Waals surface area contributed by atoms with Crippen molar-refractivity contribution in [2.24, 2.45) is 0 Å². The van der Waals surface area contributed by atoms with E-state index in [1.54, 1.807) is 30.5 Å². The van der Waals surface area contributed by atoms with E-state index in [9.17, 15) is 9.18 Å². The van der Waals surface area contributed by atoms with E-state index >= 15 is 0 Å². The number of halogens is 1. The SMILES string of the molecule is O=C(/C=C/c1ccc(Oc2cccnc2)c(F)c1)NCCN1CCN(Cc2ccccc2)CC1. The number of rotatable bonds is 9. The number of hydrogen-bond acceptors (Lipinski definition) is 5. The molecule has 1 fully saturated rings. The lowest BCUT2D eigenvalue weighted by Gasteiger charge is -2.34.